The van der Waals surface area contributed by atoms with Crippen LogP contribution < -0.4 is 10.2 Å². The number of imide groups is 1. The lowest BCUT2D eigenvalue weighted by Gasteiger charge is -2.32. The molecular weight excluding hydrogens is 445 g/mol. The van der Waals surface area contributed by atoms with Crippen LogP contribution in [-0.4, -0.2) is 49.7 Å². The predicted octanol–water partition coefficient (Wildman–Crippen LogP) is 2.55. The second kappa shape index (κ2) is 8.66. The van der Waals surface area contributed by atoms with Gasteiger partial charge >= 0.3 is 0 Å². The Kier molecular flexibility index (Phi) is 6.11. The number of amides is 2. The Labute approximate surface area is 184 Å². The number of nitrogens with zero attached hydrogens (tertiary/aromatic N) is 2. The number of rotatable bonds is 5. The van der Waals surface area contributed by atoms with E-state index in [2.05, 4.69) is 5.32 Å². The zero-order chi connectivity index (χ0) is 22.2. The van der Waals surface area contributed by atoms with E-state index in [0.717, 1.165) is 4.90 Å². The van der Waals surface area contributed by atoms with E-state index in [-0.39, 0.29) is 29.2 Å². The Morgan fingerprint density at radius 1 is 0.968 bits per heavy atom. The first-order chi connectivity index (χ1) is 14.8. The van der Waals surface area contributed by atoms with Crippen LogP contribution in [0.15, 0.2) is 53.4 Å². The van der Waals surface area contributed by atoms with Crippen LogP contribution in [0.1, 0.15) is 19.3 Å². The van der Waals surface area contributed by atoms with Crippen LogP contribution in [0.25, 0.3) is 0 Å². The maximum Gasteiger partial charge on any atom is 0.251 e. The van der Waals surface area contributed by atoms with Crippen LogP contribution in [0.2, 0.25) is 5.02 Å². The van der Waals surface area contributed by atoms with E-state index in [0.29, 0.717) is 36.6 Å². The number of halogens is 2. The van der Waals surface area contributed by atoms with Crippen molar-refractivity contribution in [2.24, 2.45) is 0 Å². The van der Waals surface area contributed by atoms with Crippen molar-refractivity contribution in [1.29, 1.82) is 0 Å². The zero-order valence-corrected chi connectivity index (χ0v) is 18.1. The number of piperidine rings is 1. The van der Waals surface area contributed by atoms with E-state index in [1.54, 1.807) is 12.1 Å². The fourth-order valence-electron chi connectivity index (χ4n) is 3.93. The van der Waals surface area contributed by atoms with Crippen LogP contribution in [0.3, 0.4) is 0 Å². The van der Waals surface area contributed by atoms with Gasteiger partial charge in [0.2, 0.25) is 15.9 Å². The molecular formula is C21H21ClFN3O4S. The van der Waals surface area contributed by atoms with Gasteiger partial charge in [0.15, 0.2) is 0 Å². The molecule has 0 unspecified atom stereocenters. The maximum atomic E-state index is 13.1. The van der Waals surface area contributed by atoms with Gasteiger partial charge in [0, 0.05) is 24.2 Å². The van der Waals surface area contributed by atoms with Crippen molar-refractivity contribution in [3.8, 4) is 0 Å². The lowest BCUT2D eigenvalue weighted by Crippen LogP contribution is -2.49. The van der Waals surface area contributed by atoms with Gasteiger partial charge in [-0.15, -0.1) is 0 Å². The first kappa shape index (κ1) is 21.9. The zero-order valence-electron chi connectivity index (χ0n) is 16.5. The minimum absolute atomic E-state index is 0.0134. The van der Waals surface area contributed by atoms with Gasteiger partial charge in [-0.25, -0.2) is 17.7 Å². The Balaban J connectivity index is 1.37. The average Bonchev–Trinajstić information content (AvgIpc) is 3.02. The Morgan fingerprint density at radius 3 is 2.19 bits per heavy atom. The van der Waals surface area contributed by atoms with Crippen LogP contribution in [-0.2, 0) is 19.6 Å². The van der Waals surface area contributed by atoms with E-state index < -0.39 is 21.9 Å². The van der Waals surface area contributed by atoms with E-state index in [1.165, 1.54) is 40.7 Å². The highest BCUT2D eigenvalue weighted by Crippen LogP contribution is 2.26. The molecule has 2 heterocycles. The first-order valence-corrected chi connectivity index (χ1v) is 11.7. The maximum absolute atomic E-state index is 13.1. The first-order valence-electron chi connectivity index (χ1n) is 9.90. The molecule has 164 valence electrons. The fourth-order valence-corrected chi connectivity index (χ4v) is 5.52. The molecule has 2 fully saturated rings. The van der Waals surface area contributed by atoms with Crippen molar-refractivity contribution in [3.05, 3.63) is 59.4 Å². The van der Waals surface area contributed by atoms with Gasteiger partial charge < -0.3 is 5.32 Å². The summed E-state index contributed by atoms with van der Waals surface area (Å²) in [6.07, 6.45) is 1.04. The molecule has 2 saturated heterocycles. The molecule has 10 heteroatoms. The van der Waals surface area contributed by atoms with Gasteiger partial charge in [-0.2, -0.15) is 4.31 Å². The lowest BCUT2D eigenvalue weighted by atomic mass is 10.1. The molecule has 0 radical (unpaired) electrons. The number of carbonyl (C=O) groups is 2. The Hall–Kier alpha value is -2.33. The molecule has 0 aromatic heterocycles. The number of benzene rings is 2. The second-order valence-electron chi connectivity index (χ2n) is 7.60. The number of sulfonamides is 1. The largest absolute Gasteiger partial charge is 0.303 e. The summed E-state index contributed by atoms with van der Waals surface area (Å²) >= 11 is 5.84. The van der Waals surface area contributed by atoms with Crippen molar-refractivity contribution in [3.63, 3.8) is 0 Å². The summed E-state index contributed by atoms with van der Waals surface area (Å²) in [5, 5.41) is 3.67. The molecule has 2 aromatic carbocycles. The molecule has 1 N–H and O–H groups in total. The monoisotopic (exact) mass is 465 g/mol. The van der Waals surface area contributed by atoms with Crippen LogP contribution in [0, 0.1) is 5.82 Å². The van der Waals surface area contributed by atoms with Crippen molar-refractivity contribution >= 4 is 39.1 Å². The predicted molar refractivity (Wildman–Crippen MR) is 114 cm³/mol. The topological polar surface area (TPSA) is 86.8 Å². The highest BCUT2D eigenvalue weighted by Gasteiger charge is 2.41. The average molecular weight is 466 g/mol. The van der Waals surface area contributed by atoms with E-state index >= 15 is 0 Å². The van der Waals surface area contributed by atoms with Crippen molar-refractivity contribution < 1.29 is 22.4 Å². The summed E-state index contributed by atoms with van der Waals surface area (Å²) in [5.74, 6) is -1.18. The number of carbonyl (C=O) groups excluding carboxylic acids is 2. The van der Waals surface area contributed by atoms with Crippen LogP contribution in [0.4, 0.5) is 10.1 Å². The summed E-state index contributed by atoms with van der Waals surface area (Å²) < 4.78 is 40.2. The van der Waals surface area contributed by atoms with Gasteiger partial charge in [0.1, 0.15) is 5.82 Å². The highest BCUT2D eigenvalue weighted by molar-refractivity contribution is 7.89. The summed E-state index contributed by atoms with van der Waals surface area (Å²) in [4.78, 5) is 26.4. The molecule has 0 saturated carbocycles. The third kappa shape index (κ3) is 4.50. The molecule has 2 aliphatic rings. The Bertz CT molecular complexity index is 1080. The molecule has 7 nitrogen and oxygen atoms in total. The van der Waals surface area contributed by atoms with Gasteiger partial charge in [-0.1, -0.05) is 11.6 Å². The standard InChI is InChI=1S/C21H21ClFN3O4S/c22-14-1-7-18(8-2-14)31(29,30)25-11-9-16(10-12-25)24-19-13-20(27)26(21(19)28)17-5-3-15(23)4-6-17/h1-8,16,19,24H,9-13H2/t19-/m0/s1. The van der Waals surface area contributed by atoms with Crippen LogP contribution in [0.5, 0.6) is 0 Å². The van der Waals surface area contributed by atoms with Gasteiger partial charge in [-0.3, -0.25) is 9.59 Å². The molecule has 2 aliphatic heterocycles. The molecule has 0 aliphatic carbocycles. The summed E-state index contributed by atoms with van der Waals surface area (Å²) in [5.41, 5.74) is 0.338. The smallest absolute Gasteiger partial charge is 0.251 e. The summed E-state index contributed by atoms with van der Waals surface area (Å²) in [6, 6.07) is 10.5. The van der Waals surface area contributed by atoms with Crippen molar-refractivity contribution in [2.45, 2.75) is 36.2 Å². The molecule has 1 atom stereocenters. The number of anilines is 1. The second-order valence-corrected chi connectivity index (χ2v) is 9.97. The molecule has 4 rings (SSSR count). The van der Waals surface area contributed by atoms with Crippen molar-refractivity contribution in [2.75, 3.05) is 18.0 Å². The molecule has 0 bridgehead atoms. The highest BCUT2D eigenvalue weighted by atomic mass is 35.5. The van der Waals surface area contributed by atoms with E-state index in [4.69, 9.17) is 11.6 Å². The Morgan fingerprint density at radius 2 is 1.58 bits per heavy atom. The van der Waals surface area contributed by atoms with Gasteiger partial charge in [0.25, 0.3) is 5.91 Å². The molecule has 2 aromatic rings. The molecule has 31 heavy (non-hydrogen) atoms. The summed E-state index contributed by atoms with van der Waals surface area (Å²) in [7, 11) is -3.61. The van der Waals surface area contributed by atoms with Crippen LogP contribution >= 0.6 is 11.6 Å². The number of nitrogens with one attached hydrogen (secondary N) is 1. The van der Waals surface area contributed by atoms with Gasteiger partial charge in [-0.05, 0) is 61.4 Å². The van der Waals surface area contributed by atoms with Gasteiger partial charge in [0.05, 0.1) is 23.0 Å². The molecule has 0 spiro atoms. The van der Waals surface area contributed by atoms with E-state index in [1.807, 2.05) is 0 Å². The summed E-state index contributed by atoms with van der Waals surface area (Å²) in [6.45, 7) is 0.609. The minimum Gasteiger partial charge on any atom is -0.303 e. The minimum atomic E-state index is -3.61. The van der Waals surface area contributed by atoms with Crippen molar-refractivity contribution in [1.82, 2.24) is 9.62 Å². The SMILES string of the molecule is O=C1C[C@H](NC2CCN(S(=O)(=O)c3ccc(Cl)cc3)CC2)C(=O)N1c1ccc(F)cc1. The number of hydrogen-bond donors (Lipinski definition) is 1. The third-order valence-corrected chi connectivity index (χ3v) is 7.74. The fraction of sp³-hybridized carbons (Fsp3) is 0.333. The quantitative estimate of drug-likeness (QED) is 0.686. The lowest BCUT2D eigenvalue weighted by molar-refractivity contribution is -0.121. The normalized spacial score (nSPS) is 21.1. The number of hydrogen-bond acceptors (Lipinski definition) is 5. The van der Waals surface area contributed by atoms with E-state index in [9.17, 15) is 22.4 Å². The molecule has 2 amide bonds. The third-order valence-electron chi connectivity index (χ3n) is 5.57.